The number of carbonyl (C=O) groups is 1. The van der Waals surface area contributed by atoms with Crippen molar-refractivity contribution in [3.8, 4) is 0 Å². The molecule has 0 aliphatic rings. The Morgan fingerprint density at radius 3 is 2.73 bits per heavy atom. The lowest BCUT2D eigenvalue weighted by Crippen LogP contribution is -2.38. The van der Waals surface area contributed by atoms with Gasteiger partial charge in [0, 0.05) is 13.7 Å². The number of hydrazine groups is 1. The third kappa shape index (κ3) is 4.75. The lowest BCUT2D eigenvalue weighted by Gasteiger charge is -2.14. The summed E-state index contributed by atoms with van der Waals surface area (Å²) in [5.74, 6) is 5.34. The molecule has 0 spiro atoms. The summed E-state index contributed by atoms with van der Waals surface area (Å²) in [5, 5.41) is 1.24. The van der Waals surface area contributed by atoms with Crippen molar-refractivity contribution in [2.45, 2.75) is 19.8 Å². The lowest BCUT2D eigenvalue weighted by atomic mass is 10.4. The monoisotopic (exact) mass is 160 g/mol. The summed E-state index contributed by atoms with van der Waals surface area (Å²) >= 11 is 0. The number of methoxy groups -OCH3 is 1. The molecule has 0 saturated heterocycles. The molecule has 0 aromatic carbocycles. The first-order valence-corrected chi connectivity index (χ1v) is 3.76. The Balaban J connectivity index is 3.47. The van der Waals surface area contributed by atoms with Crippen molar-refractivity contribution >= 4 is 5.91 Å². The minimum Gasteiger partial charge on any atom is -0.384 e. The van der Waals surface area contributed by atoms with Gasteiger partial charge in [-0.25, -0.2) is 5.84 Å². The van der Waals surface area contributed by atoms with E-state index in [0.29, 0.717) is 19.6 Å². The molecule has 0 rings (SSSR count). The molecule has 0 fully saturated rings. The molecule has 0 bridgehead atoms. The predicted octanol–water partition coefficient (Wildman–Crippen LogP) is 0.135. The zero-order chi connectivity index (χ0) is 8.69. The van der Waals surface area contributed by atoms with Gasteiger partial charge in [0.1, 0.15) is 0 Å². The van der Waals surface area contributed by atoms with Crippen molar-refractivity contribution in [1.82, 2.24) is 5.01 Å². The van der Waals surface area contributed by atoms with E-state index in [9.17, 15) is 4.79 Å². The normalized spacial score (nSPS) is 9.73. The number of rotatable bonds is 5. The maximum Gasteiger partial charge on any atom is 0.238 e. The molecule has 4 heteroatoms. The zero-order valence-electron chi connectivity index (χ0n) is 7.17. The minimum atomic E-state index is -0.0614. The van der Waals surface area contributed by atoms with Crippen LogP contribution in [0.4, 0.5) is 0 Å². The van der Waals surface area contributed by atoms with Crippen LogP contribution in [0.2, 0.25) is 0 Å². The number of hydrogen-bond donors (Lipinski definition) is 1. The Morgan fingerprint density at radius 2 is 2.27 bits per heavy atom. The van der Waals surface area contributed by atoms with Gasteiger partial charge in [0.05, 0.1) is 13.0 Å². The summed E-state index contributed by atoms with van der Waals surface area (Å²) in [6.07, 6.45) is 1.25. The molecule has 0 aliphatic heterocycles. The molecule has 0 aromatic heterocycles. The quantitative estimate of drug-likeness (QED) is 0.353. The molecule has 0 heterocycles. The highest BCUT2D eigenvalue weighted by Gasteiger charge is 2.06. The van der Waals surface area contributed by atoms with Crippen molar-refractivity contribution in [3.05, 3.63) is 0 Å². The van der Waals surface area contributed by atoms with Gasteiger partial charge in [-0.05, 0) is 6.42 Å². The van der Waals surface area contributed by atoms with Crippen LogP contribution in [0.25, 0.3) is 0 Å². The van der Waals surface area contributed by atoms with Crippen LogP contribution in [-0.4, -0.2) is 31.2 Å². The largest absolute Gasteiger partial charge is 0.384 e. The maximum absolute atomic E-state index is 11.0. The highest BCUT2D eigenvalue weighted by Crippen LogP contribution is 1.89. The topological polar surface area (TPSA) is 55.6 Å². The number of nitrogens with two attached hydrogens (primary N) is 1. The predicted molar refractivity (Wildman–Crippen MR) is 42.7 cm³/mol. The second kappa shape index (κ2) is 6.12. The first-order chi connectivity index (χ1) is 5.22. The van der Waals surface area contributed by atoms with Crippen molar-refractivity contribution in [2.24, 2.45) is 5.84 Å². The van der Waals surface area contributed by atoms with Gasteiger partial charge in [0.2, 0.25) is 5.91 Å². The molecule has 0 atom stereocenters. The molecule has 0 unspecified atom stereocenters. The molecule has 0 radical (unpaired) electrons. The molecule has 4 nitrogen and oxygen atoms in total. The molecule has 66 valence electrons. The second-order valence-corrected chi connectivity index (χ2v) is 2.33. The fourth-order valence-electron chi connectivity index (χ4n) is 0.699. The highest BCUT2D eigenvalue weighted by molar-refractivity contribution is 5.75. The third-order valence-corrected chi connectivity index (χ3v) is 1.30. The Bertz CT molecular complexity index is 117. The number of hydrogen-bond acceptors (Lipinski definition) is 3. The van der Waals surface area contributed by atoms with Gasteiger partial charge in [0.25, 0.3) is 0 Å². The molecular formula is C7H16N2O2. The Hall–Kier alpha value is -0.610. The van der Waals surface area contributed by atoms with Gasteiger partial charge < -0.3 is 4.74 Å². The third-order valence-electron chi connectivity index (χ3n) is 1.30. The van der Waals surface area contributed by atoms with Crippen LogP contribution >= 0.6 is 0 Å². The average Bonchev–Trinajstić information content (AvgIpc) is 2.00. The van der Waals surface area contributed by atoms with Gasteiger partial charge in [-0.2, -0.15) is 0 Å². The Labute approximate surface area is 67.3 Å². The summed E-state index contributed by atoms with van der Waals surface area (Å²) in [6.45, 7) is 3.03. The summed E-state index contributed by atoms with van der Waals surface area (Å²) in [5.41, 5.74) is 0. The Morgan fingerprint density at radius 1 is 1.64 bits per heavy atom. The van der Waals surface area contributed by atoms with Gasteiger partial charge in [-0.15, -0.1) is 0 Å². The number of nitrogens with zero attached hydrogens (tertiary/aromatic N) is 1. The minimum absolute atomic E-state index is 0.0614. The lowest BCUT2D eigenvalue weighted by molar-refractivity contribution is -0.132. The van der Waals surface area contributed by atoms with Crippen molar-refractivity contribution in [1.29, 1.82) is 0 Å². The van der Waals surface area contributed by atoms with Crippen molar-refractivity contribution < 1.29 is 9.53 Å². The number of carbonyl (C=O) groups excluding carboxylic acids is 1. The fraction of sp³-hybridized carbons (Fsp3) is 0.857. The summed E-state index contributed by atoms with van der Waals surface area (Å²) in [6, 6.07) is 0. The van der Waals surface area contributed by atoms with E-state index in [2.05, 4.69) is 0 Å². The number of amides is 1. The van der Waals surface area contributed by atoms with E-state index in [1.807, 2.05) is 6.92 Å². The molecule has 0 aromatic rings. The smallest absolute Gasteiger partial charge is 0.238 e. The van der Waals surface area contributed by atoms with E-state index < -0.39 is 0 Å². The second-order valence-electron chi connectivity index (χ2n) is 2.33. The zero-order valence-corrected chi connectivity index (χ0v) is 7.17. The SMILES string of the molecule is CCCN(N)C(=O)CCOC. The molecule has 0 aliphatic carbocycles. The standard InChI is InChI=1S/C7H16N2O2/c1-3-5-9(8)7(10)4-6-11-2/h3-6,8H2,1-2H3. The molecule has 2 N–H and O–H groups in total. The Kier molecular flexibility index (Phi) is 5.78. The van der Waals surface area contributed by atoms with Crippen molar-refractivity contribution in [2.75, 3.05) is 20.3 Å². The van der Waals surface area contributed by atoms with E-state index in [4.69, 9.17) is 10.6 Å². The van der Waals surface area contributed by atoms with Gasteiger partial charge >= 0.3 is 0 Å². The molecule has 0 saturated carbocycles. The fourth-order valence-corrected chi connectivity index (χ4v) is 0.699. The summed E-state index contributed by atoms with van der Waals surface area (Å²) in [4.78, 5) is 11.0. The van der Waals surface area contributed by atoms with Crippen LogP contribution in [0.1, 0.15) is 19.8 Å². The maximum atomic E-state index is 11.0. The van der Waals surface area contributed by atoms with Crippen LogP contribution in [0.15, 0.2) is 0 Å². The van der Waals surface area contributed by atoms with Crippen LogP contribution in [0.5, 0.6) is 0 Å². The van der Waals surface area contributed by atoms with Gasteiger partial charge in [0.15, 0.2) is 0 Å². The van der Waals surface area contributed by atoms with Gasteiger partial charge in [-0.3, -0.25) is 9.80 Å². The average molecular weight is 160 g/mol. The van der Waals surface area contributed by atoms with E-state index in [1.54, 1.807) is 7.11 Å². The van der Waals surface area contributed by atoms with Crippen LogP contribution in [0.3, 0.4) is 0 Å². The van der Waals surface area contributed by atoms with Crippen LogP contribution in [0, 0.1) is 0 Å². The molecule has 1 amide bonds. The molecule has 11 heavy (non-hydrogen) atoms. The summed E-state index contributed by atoms with van der Waals surface area (Å²) in [7, 11) is 1.56. The number of ether oxygens (including phenoxy) is 1. The van der Waals surface area contributed by atoms with E-state index in [-0.39, 0.29) is 5.91 Å². The van der Waals surface area contributed by atoms with Crippen molar-refractivity contribution in [3.63, 3.8) is 0 Å². The van der Waals surface area contributed by atoms with E-state index >= 15 is 0 Å². The molecular weight excluding hydrogens is 144 g/mol. The van der Waals surface area contributed by atoms with E-state index in [0.717, 1.165) is 6.42 Å². The summed E-state index contributed by atoms with van der Waals surface area (Å²) < 4.78 is 4.74. The van der Waals surface area contributed by atoms with Gasteiger partial charge in [-0.1, -0.05) is 6.92 Å². The highest BCUT2D eigenvalue weighted by atomic mass is 16.5. The first kappa shape index (κ1) is 10.4. The van der Waals surface area contributed by atoms with Crippen LogP contribution < -0.4 is 5.84 Å². The van der Waals surface area contributed by atoms with Crippen LogP contribution in [-0.2, 0) is 9.53 Å². The van der Waals surface area contributed by atoms with E-state index in [1.165, 1.54) is 5.01 Å². The first-order valence-electron chi connectivity index (χ1n) is 3.76.